The van der Waals surface area contributed by atoms with Gasteiger partial charge in [0.15, 0.2) is 0 Å². The molecule has 3 atom stereocenters. The monoisotopic (exact) mass is 536 g/mol. The highest BCUT2D eigenvalue weighted by molar-refractivity contribution is 7.99. The molecule has 1 aromatic carbocycles. The van der Waals surface area contributed by atoms with Crippen molar-refractivity contribution in [3.63, 3.8) is 0 Å². The fraction of sp³-hybridized carbons (Fsp3) is 0.643. The number of rotatable bonds is 11. The van der Waals surface area contributed by atoms with Crippen molar-refractivity contribution in [2.24, 2.45) is 11.8 Å². The van der Waals surface area contributed by atoms with Crippen LogP contribution >= 0.6 is 23.4 Å². The molecule has 0 unspecified atom stereocenters. The number of carbonyl (C=O) groups is 1. The van der Waals surface area contributed by atoms with Crippen molar-refractivity contribution >= 4 is 40.2 Å². The molecule has 1 N–H and O–H groups in total. The summed E-state index contributed by atoms with van der Waals surface area (Å²) in [5.41, 5.74) is 1.13. The van der Waals surface area contributed by atoms with E-state index in [1.165, 1.54) is 38.3 Å². The maximum Gasteiger partial charge on any atom is 0.303 e. The van der Waals surface area contributed by atoms with Crippen LogP contribution < -0.4 is 4.74 Å². The van der Waals surface area contributed by atoms with Gasteiger partial charge in [-0.3, -0.25) is 9.78 Å². The summed E-state index contributed by atoms with van der Waals surface area (Å²) >= 11 is 8.50. The van der Waals surface area contributed by atoms with Crippen molar-refractivity contribution in [2.45, 2.75) is 69.2 Å². The molecule has 1 aromatic heterocycles. The predicted octanol–water partition coefficient (Wildman–Crippen LogP) is 7.17. The van der Waals surface area contributed by atoms with Crippen LogP contribution in [0.5, 0.6) is 5.75 Å². The van der Waals surface area contributed by atoms with E-state index in [9.17, 15) is 9.90 Å². The van der Waals surface area contributed by atoms with Gasteiger partial charge in [-0.1, -0.05) is 30.9 Å². The molecule has 2 heterocycles. The number of carboxylic acids is 1. The fourth-order valence-corrected chi connectivity index (χ4v) is 7.53. The van der Waals surface area contributed by atoms with Gasteiger partial charge in [-0.15, -0.1) is 0 Å². The number of piperidine rings is 1. The van der Waals surface area contributed by atoms with E-state index in [2.05, 4.69) is 21.6 Å². The Kier molecular flexibility index (Phi) is 10.1. The molecule has 5 nitrogen and oxygen atoms in total. The topological polar surface area (TPSA) is 62.7 Å². The minimum Gasteiger partial charge on any atom is -0.497 e. The fourth-order valence-electron chi connectivity index (χ4n) is 5.89. The molecule has 36 heavy (non-hydrogen) atoms. The lowest BCUT2D eigenvalue weighted by Crippen LogP contribution is -2.42. The van der Waals surface area contributed by atoms with Gasteiger partial charge < -0.3 is 14.7 Å². The van der Waals surface area contributed by atoms with Crippen LogP contribution in [0.25, 0.3) is 10.9 Å². The average molecular weight is 537 g/mol. The highest BCUT2D eigenvalue weighted by Gasteiger charge is 2.32. The first kappa shape index (κ1) is 27.5. The second-order valence-electron chi connectivity index (χ2n) is 10.3. The van der Waals surface area contributed by atoms with Gasteiger partial charge in [-0.25, -0.2) is 4.39 Å². The number of thioether (sulfide) groups is 1. The number of carboxylic acid groups (broad SMARTS) is 1. The van der Waals surface area contributed by atoms with E-state index in [1.54, 1.807) is 19.2 Å². The van der Waals surface area contributed by atoms with Gasteiger partial charge in [-0.2, -0.15) is 11.8 Å². The van der Waals surface area contributed by atoms with Gasteiger partial charge >= 0.3 is 5.97 Å². The number of halogens is 2. The van der Waals surface area contributed by atoms with E-state index in [1.807, 2.05) is 6.07 Å². The average Bonchev–Trinajstić information content (AvgIpc) is 2.88. The number of hydrogen-bond acceptors (Lipinski definition) is 5. The molecule has 1 saturated heterocycles. The number of methoxy groups -OCH3 is 1. The van der Waals surface area contributed by atoms with E-state index >= 15 is 4.39 Å². The molecule has 1 aliphatic heterocycles. The second-order valence-corrected chi connectivity index (χ2v) is 12.1. The van der Waals surface area contributed by atoms with E-state index < -0.39 is 12.1 Å². The summed E-state index contributed by atoms with van der Waals surface area (Å²) in [7, 11) is 1.58. The minimum absolute atomic E-state index is 0.0490. The van der Waals surface area contributed by atoms with E-state index in [4.69, 9.17) is 16.3 Å². The summed E-state index contributed by atoms with van der Waals surface area (Å²) in [5.74, 6) is 1.22. The molecule has 0 amide bonds. The van der Waals surface area contributed by atoms with Gasteiger partial charge in [0, 0.05) is 47.7 Å². The highest BCUT2D eigenvalue weighted by Crippen LogP contribution is 2.39. The Labute approximate surface area is 223 Å². The number of fused-ring (bicyclic) bond motifs is 1. The predicted molar refractivity (Wildman–Crippen MR) is 146 cm³/mol. The van der Waals surface area contributed by atoms with Crippen LogP contribution in [-0.4, -0.2) is 58.7 Å². The van der Waals surface area contributed by atoms with Crippen LogP contribution in [0.3, 0.4) is 0 Å². The van der Waals surface area contributed by atoms with Crippen LogP contribution in [0.2, 0.25) is 5.02 Å². The van der Waals surface area contributed by atoms with Crippen molar-refractivity contribution in [3.8, 4) is 5.75 Å². The third-order valence-electron chi connectivity index (χ3n) is 7.90. The van der Waals surface area contributed by atoms with Gasteiger partial charge in [-0.05, 0) is 68.7 Å². The number of aromatic nitrogens is 1. The minimum atomic E-state index is -1.24. The molecule has 0 bridgehead atoms. The van der Waals surface area contributed by atoms with Gasteiger partial charge in [0.05, 0.1) is 17.6 Å². The molecule has 2 fully saturated rings. The van der Waals surface area contributed by atoms with Crippen LogP contribution in [-0.2, 0) is 4.79 Å². The molecule has 4 rings (SSSR count). The Morgan fingerprint density at radius 2 is 2.08 bits per heavy atom. The van der Waals surface area contributed by atoms with Crippen molar-refractivity contribution < 1.29 is 19.0 Å². The maximum absolute atomic E-state index is 15.6. The lowest BCUT2D eigenvalue weighted by atomic mass is 9.79. The highest BCUT2D eigenvalue weighted by atomic mass is 35.5. The Morgan fingerprint density at radius 3 is 2.83 bits per heavy atom. The van der Waals surface area contributed by atoms with Crippen molar-refractivity contribution in [1.82, 2.24) is 9.88 Å². The van der Waals surface area contributed by atoms with Gasteiger partial charge in [0.1, 0.15) is 11.9 Å². The number of benzene rings is 1. The lowest BCUT2D eigenvalue weighted by Gasteiger charge is -2.38. The molecular weight excluding hydrogens is 499 g/mol. The first-order chi connectivity index (χ1) is 17.4. The van der Waals surface area contributed by atoms with Crippen LogP contribution in [0.4, 0.5) is 4.39 Å². The van der Waals surface area contributed by atoms with Crippen LogP contribution in [0.15, 0.2) is 24.4 Å². The largest absolute Gasteiger partial charge is 0.497 e. The first-order valence-corrected chi connectivity index (χ1v) is 14.7. The zero-order valence-corrected chi connectivity index (χ0v) is 22.7. The summed E-state index contributed by atoms with van der Waals surface area (Å²) in [6.07, 6.45) is 9.04. The quantitative estimate of drug-likeness (QED) is 0.328. The molecule has 0 radical (unpaired) electrons. The second kappa shape index (κ2) is 13.3. The number of aliphatic carboxylic acids is 1. The number of ether oxygens (including phenoxy) is 1. The summed E-state index contributed by atoms with van der Waals surface area (Å²) in [6.45, 7) is 2.75. The number of alkyl halides is 1. The van der Waals surface area contributed by atoms with Crippen molar-refractivity contribution in [3.05, 3.63) is 35.0 Å². The van der Waals surface area contributed by atoms with E-state index in [0.29, 0.717) is 40.1 Å². The summed E-state index contributed by atoms with van der Waals surface area (Å²) in [5, 5.41) is 11.3. The smallest absolute Gasteiger partial charge is 0.303 e. The molecule has 2 aromatic rings. The first-order valence-electron chi connectivity index (χ1n) is 13.3. The summed E-state index contributed by atoms with van der Waals surface area (Å²) < 4.78 is 21.0. The maximum atomic E-state index is 15.6. The Hall–Kier alpha value is -1.57. The zero-order chi connectivity index (χ0) is 25.5. The van der Waals surface area contributed by atoms with E-state index in [-0.39, 0.29) is 18.3 Å². The molecule has 198 valence electrons. The number of likely N-dealkylation sites (tertiary alicyclic amines) is 1. The van der Waals surface area contributed by atoms with Crippen molar-refractivity contribution in [1.29, 1.82) is 0 Å². The Morgan fingerprint density at radius 1 is 1.28 bits per heavy atom. The number of pyridine rings is 1. The van der Waals surface area contributed by atoms with Gasteiger partial charge in [0.25, 0.3) is 0 Å². The molecule has 1 aliphatic carbocycles. The van der Waals surface area contributed by atoms with Crippen molar-refractivity contribution in [2.75, 3.05) is 32.5 Å². The molecule has 2 aliphatic rings. The third-order valence-corrected chi connectivity index (χ3v) is 9.56. The Balaban J connectivity index is 1.35. The third kappa shape index (κ3) is 7.26. The summed E-state index contributed by atoms with van der Waals surface area (Å²) in [6, 6.07) is 5.40. The summed E-state index contributed by atoms with van der Waals surface area (Å²) in [4.78, 5) is 18.4. The van der Waals surface area contributed by atoms with Crippen LogP contribution in [0.1, 0.15) is 69.5 Å². The molecule has 8 heteroatoms. The molecule has 0 spiro atoms. The lowest BCUT2D eigenvalue weighted by molar-refractivity contribution is -0.139. The molecule has 1 saturated carbocycles. The SMILES string of the molecule is COc1ccc2ncc(Cl)c([C@@H](F)CC[C@@H]3CCN(CCSC4CCCCC4)C[C@@H]3CC(=O)O)c2c1. The normalized spacial score (nSPS) is 22.5. The standard InChI is InChI=1S/C28H38ClFN2O3S/c1-35-21-8-10-26-23(16-21)28(24(29)17-31-26)25(30)9-7-19-11-12-32(18-20(19)15-27(33)34)13-14-36-22-5-3-2-4-6-22/h8,10,16-17,19-20,22,25H,2-7,9,11-15,18H2,1H3,(H,33,34)/t19-,20+,25+/m1/s1. The van der Waals surface area contributed by atoms with Gasteiger partial charge in [0.2, 0.25) is 0 Å². The number of hydrogen-bond donors (Lipinski definition) is 1. The Bertz CT molecular complexity index is 1020. The molecular formula is C28H38ClFN2O3S. The van der Waals surface area contributed by atoms with Crippen LogP contribution in [0, 0.1) is 11.8 Å². The van der Waals surface area contributed by atoms with E-state index in [0.717, 1.165) is 37.1 Å². The number of nitrogens with zero attached hydrogens (tertiary/aromatic N) is 2. The zero-order valence-electron chi connectivity index (χ0n) is 21.1.